The van der Waals surface area contributed by atoms with E-state index in [1.54, 1.807) is 0 Å². The van der Waals surface area contributed by atoms with Crippen LogP contribution in [-0.2, 0) is 6.42 Å². The summed E-state index contributed by atoms with van der Waals surface area (Å²) in [6.45, 7) is 11.6. The summed E-state index contributed by atoms with van der Waals surface area (Å²) in [7, 11) is 0. The smallest absolute Gasteiger partial charge is 0.0334 e. The van der Waals surface area contributed by atoms with Crippen LogP contribution in [0.25, 0.3) is 0 Å². The molecule has 0 saturated heterocycles. The SMILES string of the molecule is CCCc1cccc(C(N)C2C(C)(C)C2(C)C)c1. The zero-order valence-electron chi connectivity index (χ0n) is 12.5. The fraction of sp³-hybridized carbons (Fsp3) is 0.647. The van der Waals surface area contributed by atoms with E-state index < -0.39 is 0 Å². The highest BCUT2D eigenvalue weighted by Crippen LogP contribution is 2.71. The Morgan fingerprint density at radius 2 is 1.78 bits per heavy atom. The van der Waals surface area contributed by atoms with Gasteiger partial charge in [-0.25, -0.2) is 0 Å². The lowest BCUT2D eigenvalue weighted by Gasteiger charge is -2.15. The van der Waals surface area contributed by atoms with Crippen molar-refractivity contribution >= 4 is 0 Å². The molecule has 1 heteroatoms. The maximum absolute atomic E-state index is 6.52. The summed E-state index contributed by atoms with van der Waals surface area (Å²) in [5.74, 6) is 0.585. The maximum atomic E-state index is 6.52. The minimum absolute atomic E-state index is 0.173. The first-order valence-corrected chi connectivity index (χ1v) is 7.16. The molecule has 0 bridgehead atoms. The van der Waals surface area contributed by atoms with Crippen molar-refractivity contribution < 1.29 is 0 Å². The molecule has 0 amide bonds. The molecule has 0 radical (unpaired) electrons. The molecule has 18 heavy (non-hydrogen) atoms. The number of nitrogens with two attached hydrogens (primary N) is 1. The highest BCUT2D eigenvalue weighted by Gasteiger charge is 2.66. The van der Waals surface area contributed by atoms with Crippen molar-refractivity contribution in [1.82, 2.24) is 0 Å². The van der Waals surface area contributed by atoms with Crippen LogP contribution in [0.15, 0.2) is 24.3 Å². The van der Waals surface area contributed by atoms with Crippen LogP contribution < -0.4 is 5.73 Å². The Balaban J connectivity index is 2.20. The van der Waals surface area contributed by atoms with Gasteiger partial charge in [-0.2, -0.15) is 0 Å². The second kappa shape index (κ2) is 4.38. The molecule has 1 aromatic rings. The van der Waals surface area contributed by atoms with Crippen LogP contribution in [-0.4, -0.2) is 0 Å². The van der Waals surface area contributed by atoms with Gasteiger partial charge in [0.2, 0.25) is 0 Å². The average molecular weight is 245 g/mol. The quantitative estimate of drug-likeness (QED) is 0.840. The molecule has 2 rings (SSSR count). The normalized spacial score (nSPS) is 22.8. The van der Waals surface area contributed by atoms with Gasteiger partial charge in [-0.05, 0) is 34.3 Å². The summed E-state index contributed by atoms with van der Waals surface area (Å²) in [4.78, 5) is 0. The third kappa shape index (κ3) is 1.99. The lowest BCUT2D eigenvalue weighted by molar-refractivity contribution is 0.457. The van der Waals surface area contributed by atoms with Crippen LogP contribution in [0.4, 0.5) is 0 Å². The van der Waals surface area contributed by atoms with Gasteiger partial charge in [0, 0.05) is 6.04 Å². The zero-order valence-corrected chi connectivity index (χ0v) is 12.5. The van der Waals surface area contributed by atoms with E-state index in [1.165, 1.54) is 17.5 Å². The largest absolute Gasteiger partial charge is 0.324 e. The number of rotatable bonds is 4. The van der Waals surface area contributed by atoms with Crippen LogP contribution in [0.1, 0.15) is 58.2 Å². The first-order valence-electron chi connectivity index (χ1n) is 7.16. The van der Waals surface area contributed by atoms with Crippen molar-refractivity contribution in [3.63, 3.8) is 0 Å². The first-order chi connectivity index (χ1) is 8.32. The van der Waals surface area contributed by atoms with E-state index in [-0.39, 0.29) is 6.04 Å². The van der Waals surface area contributed by atoms with Gasteiger partial charge in [0.25, 0.3) is 0 Å². The monoisotopic (exact) mass is 245 g/mol. The predicted molar refractivity (Wildman–Crippen MR) is 78.4 cm³/mol. The Bertz CT molecular complexity index is 417. The minimum atomic E-state index is 0.173. The second-order valence-electron chi connectivity index (χ2n) is 6.94. The highest BCUT2D eigenvalue weighted by atomic mass is 14.8. The fourth-order valence-electron chi connectivity index (χ4n) is 3.58. The molecular formula is C17H27N. The molecule has 0 aromatic heterocycles. The van der Waals surface area contributed by atoms with E-state index in [0.29, 0.717) is 16.7 Å². The van der Waals surface area contributed by atoms with Gasteiger partial charge in [0.05, 0.1) is 0 Å². The van der Waals surface area contributed by atoms with Crippen molar-refractivity contribution in [2.45, 2.75) is 53.5 Å². The number of hydrogen-bond donors (Lipinski definition) is 1. The van der Waals surface area contributed by atoms with E-state index in [9.17, 15) is 0 Å². The van der Waals surface area contributed by atoms with Gasteiger partial charge >= 0.3 is 0 Å². The lowest BCUT2D eigenvalue weighted by Crippen LogP contribution is -2.16. The van der Waals surface area contributed by atoms with E-state index >= 15 is 0 Å². The molecule has 1 aliphatic carbocycles. The summed E-state index contributed by atoms with van der Waals surface area (Å²) in [6.07, 6.45) is 2.34. The summed E-state index contributed by atoms with van der Waals surface area (Å²) in [5, 5.41) is 0. The van der Waals surface area contributed by atoms with Gasteiger partial charge in [-0.1, -0.05) is 65.3 Å². The molecule has 1 saturated carbocycles. The molecule has 2 N–H and O–H groups in total. The van der Waals surface area contributed by atoms with Gasteiger partial charge in [0.15, 0.2) is 0 Å². The molecule has 1 aromatic carbocycles. The molecule has 1 fully saturated rings. The van der Waals surface area contributed by atoms with Crippen LogP contribution >= 0.6 is 0 Å². The third-order valence-corrected chi connectivity index (χ3v) is 5.37. The molecule has 1 unspecified atom stereocenters. The minimum Gasteiger partial charge on any atom is -0.324 e. The number of benzene rings is 1. The molecule has 1 aliphatic rings. The summed E-state index contributed by atoms with van der Waals surface area (Å²) in [5.41, 5.74) is 9.95. The number of hydrogen-bond acceptors (Lipinski definition) is 1. The molecule has 100 valence electrons. The van der Waals surface area contributed by atoms with Crippen LogP contribution in [0.5, 0.6) is 0 Å². The molecule has 0 aliphatic heterocycles. The van der Waals surface area contributed by atoms with Crippen molar-refractivity contribution in [2.24, 2.45) is 22.5 Å². The van der Waals surface area contributed by atoms with Crippen LogP contribution in [0, 0.1) is 16.7 Å². The van der Waals surface area contributed by atoms with Gasteiger partial charge in [-0.3, -0.25) is 0 Å². The molecule has 1 atom stereocenters. The van der Waals surface area contributed by atoms with Gasteiger partial charge < -0.3 is 5.73 Å². The second-order valence-corrected chi connectivity index (χ2v) is 6.94. The average Bonchev–Trinajstić information content (AvgIpc) is 2.69. The highest BCUT2D eigenvalue weighted by molar-refractivity contribution is 5.30. The van der Waals surface area contributed by atoms with E-state index in [1.807, 2.05) is 0 Å². The Kier molecular flexibility index (Phi) is 3.31. The third-order valence-electron chi connectivity index (χ3n) is 5.37. The van der Waals surface area contributed by atoms with Gasteiger partial charge in [0.1, 0.15) is 0 Å². The lowest BCUT2D eigenvalue weighted by atomic mass is 9.95. The first kappa shape index (κ1) is 13.6. The standard InChI is InChI=1S/C17H27N/c1-6-8-12-9-7-10-13(11-12)14(18)15-16(2,3)17(15,4)5/h7,9-11,14-15H,6,8,18H2,1-5H3. The van der Waals surface area contributed by atoms with E-state index in [0.717, 1.165) is 6.42 Å². The number of aryl methyl sites for hydroxylation is 1. The Hall–Kier alpha value is -0.820. The van der Waals surface area contributed by atoms with Crippen LogP contribution in [0.2, 0.25) is 0 Å². The molecular weight excluding hydrogens is 218 g/mol. The van der Waals surface area contributed by atoms with Crippen molar-refractivity contribution in [2.75, 3.05) is 0 Å². The molecule has 0 spiro atoms. The van der Waals surface area contributed by atoms with Crippen molar-refractivity contribution in [3.8, 4) is 0 Å². The van der Waals surface area contributed by atoms with Gasteiger partial charge in [-0.15, -0.1) is 0 Å². The summed E-state index contributed by atoms with van der Waals surface area (Å²) in [6, 6.07) is 9.03. The zero-order chi connectivity index (χ0) is 13.6. The van der Waals surface area contributed by atoms with E-state index in [2.05, 4.69) is 58.9 Å². The topological polar surface area (TPSA) is 26.0 Å². The maximum Gasteiger partial charge on any atom is 0.0334 e. The molecule has 1 nitrogen and oxygen atoms in total. The molecule has 0 heterocycles. The summed E-state index contributed by atoms with van der Waals surface area (Å²) >= 11 is 0. The van der Waals surface area contributed by atoms with Crippen molar-refractivity contribution in [1.29, 1.82) is 0 Å². The Labute approximate surface area is 112 Å². The summed E-state index contributed by atoms with van der Waals surface area (Å²) < 4.78 is 0. The Morgan fingerprint density at radius 3 is 2.28 bits per heavy atom. The van der Waals surface area contributed by atoms with Crippen LogP contribution in [0.3, 0.4) is 0 Å². The van der Waals surface area contributed by atoms with Crippen molar-refractivity contribution in [3.05, 3.63) is 35.4 Å². The fourth-order valence-corrected chi connectivity index (χ4v) is 3.58. The van der Waals surface area contributed by atoms with E-state index in [4.69, 9.17) is 5.73 Å². The Morgan fingerprint density at radius 1 is 1.17 bits per heavy atom. The predicted octanol–water partition coefficient (Wildman–Crippen LogP) is 4.32.